The zero-order valence-corrected chi connectivity index (χ0v) is 15.0. The standard InChI is InChI=1S/C20H15Cl3O/c21-17-10-8-15(9-11-17)20(24,16-5-3-6-18(22)12-16)13-14-4-1-2-7-19(14)23/h1-12,24H,13H2. The second-order valence-corrected chi connectivity index (χ2v) is 6.93. The third-order valence-corrected chi connectivity index (χ3v) is 4.88. The lowest BCUT2D eigenvalue weighted by Gasteiger charge is -2.30. The Morgan fingerprint density at radius 2 is 1.42 bits per heavy atom. The van der Waals surface area contributed by atoms with Crippen LogP contribution in [0.15, 0.2) is 72.8 Å². The van der Waals surface area contributed by atoms with Crippen molar-refractivity contribution in [2.45, 2.75) is 12.0 Å². The summed E-state index contributed by atoms with van der Waals surface area (Å²) in [4.78, 5) is 0. The van der Waals surface area contributed by atoms with Crippen molar-refractivity contribution < 1.29 is 5.11 Å². The fourth-order valence-corrected chi connectivity index (χ4v) is 3.28. The lowest BCUT2D eigenvalue weighted by molar-refractivity contribution is 0.0812. The molecule has 1 N–H and O–H groups in total. The third-order valence-electron chi connectivity index (χ3n) is 4.03. The van der Waals surface area contributed by atoms with Crippen molar-refractivity contribution in [3.63, 3.8) is 0 Å². The highest BCUT2D eigenvalue weighted by Crippen LogP contribution is 2.36. The van der Waals surface area contributed by atoms with Crippen LogP contribution in [-0.2, 0) is 12.0 Å². The predicted octanol–water partition coefficient (Wildman–Crippen LogP) is 6.13. The highest BCUT2D eigenvalue weighted by molar-refractivity contribution is 6.31. The molecule has 1 unspecified atom stereocenters. The number of rotatable bonds is 4. The Morgan fingerprint density at radius 3 is 2.08 bits per heavy atom. The normalized spacial score (nSPS) is 13.5. The van der Waals surface area contributed by atoms with Crippen molar-refractivity contribution in [3.05, 3.63) is 105 Å². The molecular formula is C20H15Cl3O. The van der Waals surface area contributed by atoms with Crippen LogP contribution in [0, 0.1) is 0 Å². The van der Waals surface area contributed by atoms with Gasteiger partial charge in [0.1, 0.15) is 5.60 Å². The van der Waals surface area contributed by atoms with Gasteiger partial charge in [-0.05, 0) is 47.0 Å². The van der Waals surface area contributed by atoms with E-state index in [1.807, 2.05) is 48.5 Å². The number of hydrogen-bond acceptors (Lipinski definition) is 1. The van der Waals surface area contributed by atoms with Gasteiger partial charge in [-0.2, -0.15) is 0 Å². The molecule has 0 bridgehead atoms. The maximum Gasteiger partial charge on any atom is 0.119 e. The van der Waals surface area contributed by atoms with Crippen LogP contribution in [0.2, 0.25) is 15.1 Å². The largest absolute Gasteiger partial charge is 0.380 e. The quantitative estimate of drug-likeness (QED) is 0.580. The minimum Gasteiger partial charge on any atom is -0.380 e. The first-order valence-electron chi connectivity index (χ1n) is 7.47. The summed E-state index contributed by atoms with van der Waals surface area (Å²) in [7, 11) is 0. The monoisotopic (exact) mass is 376 g/mol. The van der Waals surface area contributed by atoms with Gasteiger partial charge in [0.05, 0.1) is 0 Å². The van der Waals surface area contributed by atoms with Gasteiger partial charge in [0.2, 0.25) is 0 Å². The van der Waals surface area contributed by atoms with Crippen molar-refractivity contribution in [1.82, 2.24) is 0 Å². The molecule has 0 amide bonds. The molecule has 24 heavy (non-hydrogen) atoms. The van der Waals surface area contributed by atoms with Crippen LogP contribution in [0.25, 0.3) is 0 Å². The molecule has 3 aromatic carbocycles. The first-order chi connectivity index (χ1) is 11.5. The number of hydrogen-bond donors (Lipinski definition) is 1. The molecule has 1 atom stereocenters. The van der Waals surface area contributed by atoms with Gasteiger partial charge in [-0.15, -0.1) is 0 Å². The van der Waals surface area contributed by atoms with Gasteiger partial charge in [0.15, 0.2) is 0 Å². The van der Waals surface area contributed by atoms with E-state index < -0.39 is 5.60 Å². The highest BCUT2D eigenvalue weighted by atomic mass is 35.5. The molecule has 0 aliphatic carbocycles. The first-order valence-corrected chi connectivity index (χ1v) is 8.60. The van der Waals surface area contributed by atoms with Crippen molar-refractivity contribution >= 4 is 34.8 Å². The zero-order valence-electron chi connectivity index (χ0n) is 12.7. The molecule has 4 heteroatoms. The Balaban J connectivity index is 2.13. The first kappa shape index (κ1) is 17.3. The number of halogens is 3. The second-order valence-electron chi connectivity index (χ2n) is 5.65. The molecule has 0 aromatic heterocycles. The molecule has 3 aromatic rings. The second kappa shape index (κ2) is 7.16. The molecule has 0 heterocycles. The minimum atomic E-state index is -1.26. The zero-order chi connectivity index (χ0) is 17.2. The summed E-state index contributed by atoms with van der Waals surface area (Å²) < 4.78 is 0. The summed E-state index contributed by atoms with van der Waals surface area (Å²) in [5, 5.41) is 13.4. The van der Waals surface area contributed by atoms with E-state index in [9.17, 15) is 5.11 Å². The Bertz CT molecular complexity index is 846. The van der Waals surface area contributed by atoms with E-state index in [4.69, 9.17) is 34.8 Å². The average molecular weight is 378 g/mol. The van der Waals surface area contributed by atoms with Crippen molar-refractivity contribution in [3.8, 4) is 0 Å². The topological polar surface area (TPSA) is 20.2 Å². The third kappa shape index (κ3) is 3.60. The smallest absolute Gasteiger partial charge is 0.119 e. The van der Waals surface area contributed by atoms with Gasteiger partial charge in [0, 0.05) is 21.5 Å². The highest BCUT2D eigenvalue weighted by Gasteiger charge is 2.32. The molecule has 3 rings (SSSR count). The molecule has 1 nitrogen and oxygen atoms in total. The van der Waals surface area contributed by atoms with E-state index in [-0.39, 0.29) is 0 Å². The molecule has 0 fully saturated rings. The molecule has 0 saturated carbocycles. The molecule has 0 spiro atoms. The van der Waals surface area contributed by atoms with Crippen LogP contribution >= 0.6 is 34.8 Å². The lowest BCUT2D eigenvalue weighted by atomic mass is 9.81. The molecule has 122 valence electrons. The summed E-state index contributed by atoms with van der Waals surface area (Å²) >= 11 is 18.4. The van der Waals surface area contributed by atoms with Gasteiger partial charge in [-0.3, -0.25) is 0 Å². The van der Waals surface area contributed by atoms with Crippen LogP contribution in [-0.4, -0.2) is 5.11 Å². The summed E-state index contributed by atoms with van der Waals surface area (Å²) in [6, 6.07) is 21.9. The Hall–Kier alpha value is -1.51. The summed E-state index contributed by atoms with van der Waals surface area (Å²) in [6.45, 7) is 0. The van der Waals surface area contributed by atoms with Gasteiger partial charge in [-0.1, -0.05) is 77.3 Å². The molecule has 0 aliphatic rings. The Labute approximate surface area is 156 Å². The van der Waals surface area contributed by atoms with Crippen molar-refractivity contribution in [2.75, 3.05) is 0 Å². The molecule has 0 saturated heterocycles. The van der Waals surface area contributed by atoms with Gasteiger partial charge in [-0.25, -0.2) is 0 Å². The molecule has 0 aliphatic heterocycles. The fraction of sp³-hybridized carbons (Fsp3) is 0.100. The van der Waals surface area contributed by atoms with Crippen LogP contribution in [0.1, 0.15) is 16.7 Å². The molecule has 0 radical (unpaired) electrons. The Kier molecular flexibility index (Phi) is 5.17. The fourth-order valence-electron chi connectivity index (χ4n) is 2.76. The van der Waals surface area contributed by atoms with E-state index in [1.54, 1.807) is 24.3 Å². The molecular weight excluding hydrogens is 363 g/mol. The maximum atomic E-state index is 11.6. The summed E-state index contributed by atoms with van der Waals surface area (Å²) in [5.41, 5.74) is 1.03. The SMILES string of the molecule is OC(Cc1ccccc1Cl)(c1ccc(Cl)cc1)c1cccc(Cl)c1. The summed E-state index contributed by atoms with van der Waals surface area (Å²) in [5.74, 6) is 0. The van der Waals surface area contributed by atoms with E-state index >= 15 is 0 Å². The van der Waals surface area contributed by atoms with E-state index in [0.29, 0.717) is 27.1 Å². The van der Waals surface area contributed by atoms with Gasteiger partial charge in [0.25, 0.3) is 0 Å². The van der Waals surface area contributed by atoms with Crippen LogP contribution in [0.3, 0.4) is 0 Å². The van der Waals surface area contributed by atoms with Gasteiger partial charge < -0.3 is 5.11 Å². The number of aliphatic hydroxyl groups is 1. The van der Waals surface area contributed by atoms with Crippen molar-refractivity contribution in [2.24, 2.45) is 0 Å². The van der Waals surface area contributed by atoms with Crippen molar-refractivity contribution in [1.29, 1.82) is 0 Å². The Morgan fingerprint density at radius 1 is 0.708 bits per heavy atom. The lowest BCUT2D eigenvalue weighted by Crippen LogP contribution is -2.30. The van der Waals surface area contributed by atoms with Crippen LogP contribution < -0.4 is 0 Å². The number of benzene rings is 3. The van der Waals surface area contributed by atoms with E-state index in [2.05, 4.69) is 0 Å². The van der Waals surface area contributed by atoms with Crippen LogP contribution in [0.5, 0.6) is 0 Å². The van der Waals surface area contributed by atoms with Crippen LogP contribution in [0.4, 0.5) is 0 Å². The predicted molar refractivity (Wildman–Crippen MR) is 101 cm³/mol. The van der Waals surface area contributed by atoms with E-state index in [1.165, 1.54) is 0 Å². The summed E-state index contributed by atoms with van der Waals surface area (Å²) in [6.07, 6.45) is 0.328. The minimum absolute atomic E-state index is 0.328. The van der Waals surface area contributed by atoms with E-state index in [0.717, 1.165) is 11.1 Å². The maximum absolute atomic E-state index is 11.6. The average Bonchev–Trinajstić information content (AvgIpc) is 2.57. The van der Waals surface area contributed by atoms with Gasteiger partial charge >= 0.3 is 0 Å².